The summed E-state index contributed by atoms with van der Waals surface area (Å²) in [5.74, 6) is 0.347. The quantitative estimate of drug-likeness (QED) is 0.797. The van der Waals surface area contributed by atoms with Crippen LogP contribution >= 0.6 is 23.2 Å². The Labute approximate surface area is 156 Å². The van der Waals surface area contributed by atoms with Crippen LogP contribution in [-0.2, 0) is 16.1 Å². The maximum Gasteiger partial charge on any atom is 0.238 e. The van der Waals surface area contributed by atoms with Crippen molar-refractivity contribution in [2.45, 2.75) is 6.54 Å². The lowest BCUT2D eigenvalue weighted by Gasteiger charge is -2.21. The minimum Gasteiger partial charge on any atom is -0.467 e. The maximum atomic E-state index is 12.2. The fraction of sp³-hybridized carbons (Fsp3) is 0.294. The van der Waals surface area contributed by atoms with Crippen molar-refractivity contribution < 1.29 is 14.0 Å². The lowest BCUT2D eigenvalue weighted by Crippen LogP contribution is -2.39. The highest BCUT2D eigenvalue weighted by atomic mass is 35.5. The van der Waals surface area contributed by atoms with Gasteiger partial charge in [-0.15, -0.1) is 0 Å². The standard InChI is InChI=1S/C17H19Cl2N3O3/c1-21(11-17(24)22(2)9-13-4-3-7-25-13)10-16(23)20-12-5-6-14(18)15(19)8-12/h3-8H,9-11H2,1-2H3,(H,20,23). The second-order valence-electron chi connectivity index (χ2n) is 5.68. The first-order valence-electron chi connectivity index (χ1n) is 7.55. The predicted molar refractivity (Wildman–Crippen MR) is 97.8 cm³/mol. The van der Waals surface area contributed by atoms with Crippen LogP contribution in [0.15, 0.2) is 41.0 Å². The normalized spacial score (nSPS) is 10.8. The fourth-order valence-corrected chi connectivity index (χ4v) is 2.45. The van der Waals surface area contributed by atoms with Crippen LogP contribution in [0.2, 0.25) is 10.0 Å². The number of furan rings is 1. The van der Waals surface area contributed by atoms with Gasteiger partial charge in [0.25, 0.3) is 0 Å². The van der Waals surface area contributed by atoms with Gasteiger partial charge in [-0.2, -0.15) is 0 Å². The molecule has 8 heteroatoms. The second-order valence-corrected chi connectivity index (χ2v) is 6.49. The summed E-state index contributed by atoms with van der Waals surface area (Å²) in [6.07, 6.45) is 1.56. The zero-order valence-electron chi connectivity index (χ0n) is 14.0. The highest BCUT2D eigenvalue weighted by molar-refractivity contribution is 6.42. The van der Waals surface area contributed by atoms with Crippen molar-refractivity contribution in [1.29, 1.82) is 0 Å². The van der Waals surface area contributed by atoms with Gasteiger partial charge in [0.2, 0.25) is 11.8 Å². The lowest BCUT2D eigenvalue weighted by atomic mass is 10.3. The van der Waals surface area contributed by atoms with Gasteiger partial charge in [-0.05, 0) is 37.4 Å². The molecule has 1 aromatic heterocycles. The molecule has 0 saturated carbocycles. The maximum absolute atomic E-state index is 12.2. The molecule has 2 amide bonds. The number of nitrogens with one attached hydrogen (secondary N) is 1. The Morgan fingerprint density at radius 2 is 1.88 bits per heavy atom. The Bertz CT molecular complexity index is 735. The van der Waals surface area contributed by atoms with Crippen molar-refractivity contribution in [3.05, 3.63) is 52.4 Å². The number of amides is 2. The molecule has 0 aliphatic carbocycles. The second kappa shape index (κ2) is 8.89. The first kappa shape index (κ1) is 19.3. The zero-order chi connectivity index (χ0) is 18.4. The molecule has 6 nitrogen and oxygen atoms in total. The van der Waals surface area contributed by atoms with E-state index in [1.54, 1.807) is 60.5 Å². The Morgan fingerprint density at radius 1 is 1.12 bits per heavy atom. The summed E-state index contributed by atoms with van der Waals surface area (Å²) in [7, 11) is 3.39. The van der Waals surface area contributed by atoms with Gasteiger partial charge in [0, 0.05) is 12.7 Å². The average Bonchev–Trinajstić information content (AvgIpc) is 3.03. The van der Waals surface area contributed by atoms with E-state index in [1.165, 1.54) is 0 Å². The van der Waals surface area contributed by atoms with Crippen LogP contribution in [0.4, 0.5) is 5.69 Å². The number of anilines is 1. The van der Waals surface area contributed by atoms with E-state index in [0.717, 1.165) is 0 Å². The van der Waals surface area contributed by atoms with Crippen molar-refractivity contribution in [1.82, 2.24) is 9.80 Å². The van der Waals surface area contributed by atoms with E-state index < -0.39 is 0 Å². The summed E-state index contributed by atoms with van der Waals surface area (Å²) in [5, 5.41) is 3.50. The number of rotatable bonds is 7. The van der Waals surface area contributed by atoms with Gasteiger partial charge in [-0.1, -0.05) is 23.2 Å². The van der Waals surface area contributed by atoms with E-state index in [1.807, 2.05) is 0 Å². The minimum atomic E-state index is -0.248. The number of nitrogens with zero attached hydrogens (tertiary/aromatic N) is 2. The number of carbonyl (C=O) groups excluding carboxylic acids is 2. The summed E-state index contributed by atoms with van der Waals surface area (Å²) < 4.78 is 5.22. The third-order valence-electron chi connectivity index (χ3n) is 3.42. The van der Waals surface area contributed by atoms with Gasteiger partial charge < -0.3 is 14.6 Å². The highest BCUT2D eigenvalue weighted by Gasteiger charge is 2.15. The van der Waals surface area contributed by atoms with Crippen LogP contribution in [0.3, 0.4) is 0 Å². The largest absolute Gasteiger partial charge is 0.467 e. The molecule has 1 N–H and O–H groups in total. The molecular weight excluding hydrogens is 365 g/mol. The Hall–Kier alpha value is -2.02. The van der Waals surface area contributed by atoms with Crippen LogP contribution in [0.25, 0.3) is 0 Å². The molecule has 0 atom stereocenters. The summed E-state index contributed by atoms with van der Waals surface area (Å²) in [6, 6.07) is 8.42. The molecule has 0 radical (unpaired) electrons. The van der Waals surface area contributed by atoms with Crippen molar-refractivity contribution >= 4 is 40.7 Å². The van der Waals surface area contributed by atoms with Gasteiger partial charge in [-0.25, -0.2) is 0 Å². The van der Waals surface area contributed by atoms with Gasteiger partial charge in [-0.3, -0.25) is 14.5 Å². The van der Waals surface area contributed by atoms with Crippen LogP contribution in [-0.4, -0.2) is 48.8 Å². The number of halogens is 2. The summed E-state index contributed by atoms with van der Waals surface area (Å²) in [5.41, 5.74) is 0.550. The summed E-state index contributed by atoms with van der Waals surface area (Å²) in [4.78, 5) is 27.4. The van der Waals surface area contributed by atoms with E-state index >= 15 is 0 Å². The fourth-order valence-electron chi connectivity index (χ4n) is 2.15. The molecule has 25 heavy (non-hydrogen) atoms. The van der Waals surface area contributed by atoms with Gasteiger partial charge in [0.05, 0.1) is 35.9 Å². The van der Waals surface area contributed by atoms with Crippen molar-refractivity contribution in [2.24, 2.45) is 0 Å². The van der Waals surface area contributed by atoms with E-state index in [-0.39, 0.29) is 24.9 Å². The first-order chi connectivity index (χ1) is 11.8. The zero-order valence-corrected chi connectivity index (χ0v) is 15.5. The van der Waals surface area contributed by atoms with Crippen LogP contribution in [0.1, 0.15) is 5.76 Å². The van der Waals surface area contributed by atoms with E-state index in [0.29, 0.717) is 28.0 Å². The lowest BCUT2D eigenvalue weighted by molar-refractivity contribution is -0.131. The predicted octanol–water partition coefficient (Wildman–Crippen LogP) is 3.12. The molecule has 2 rings (SSSR count). The van der Waals surface area contributed by atoms with Crippen LogP contribution in [0.5, 0.6) is 0 Å². The third-order valence-corrected chi connectivity index (χ3v) is 4.16. The topological polar surface area (TPSA) is 65.8 Å². The Balaban J connectivity index is 1.80. The first-order valence-corrected chi connectivity index (χ1v) is 8.30. The number of carbonyl (C=O) groups is 2. The van der Waals surface area contributed by atoms with E-state index in [4.69, 9.17) is 27.6 Å². The Morgan fingerprint density at radius 3 is 2.52 bits per heavy atom. The summed E-state index contributed by atoms with van der Waals surface area (Å²) >= 11 is 11.8. The molecule has 1 heterocycles. The molecule has 0 aliphatic rings. The van der Waals surface area contributed by atoms with Crippen LogP contribution < -0.4 is 5.32 Å². The van der Waals surface area contributed by atoms with Gasteiger partial charge in [0.1, 0.15) is 5.76 Å². The molecule has 0 fully saturated rings. The van der Waals surface area contributed by atoms with Crippen molar-refractivity contribution in [2.75, 3.05) is 32.5 Å². The van der Waals surface area contributed by atoms with E-state index in [9.17, 15) is 9.59 Å². The molecule has 0 unspecified atom stereocenters. The molecule has 2 aromatic rings. The van der Waals surface area contributed by atoms with E-state index in [2.05, 4.69) is 5.32 Å². The summed E-state index contributed by atoms with van der Waals surface area (Å²) in [6.45, 7) is 0.571. The number of hydrogen-bond donors (Lipinski definition) is 1. The third kappa shape index (κ3) is 6.08. The number of benzene rings is 1. The van der Waals surface area contributed by atoms with Crippen molar-refractivity contribution in [3.8, 4) is 0 Å². The van der Waals surface area contributed by atoms with Crippen LogP contribution in [0, 0.1) is 0 Å². The van der Waals surface area contributed by atoms with Crippen molar-refractivity contribution in [3.63, 3.8) is 0 Å². The molecule has 1 aromatic carbocycles. The molecule has 0 bridgehead atoms. The van der Waals surface area contributed by atoms with Gasteiger partial charge in [0.15, 0.2) is 0 Å². The molecule has 134 valence electrons. The Kier molecular flexibility index (Phi) is 6.87. The molecule has 0 aliphatic heterocycles. The monoisotopic (exact) mass is 383 g/mol. The average molecular weight is 384 g/mol. The molecule has 0 spiro atoms. The van der Waals surface area contributed by atoms with Gasteiger partial charge >= 0.3 is 0 Å². The highest BCUT2D eigenvalue weighted by Crippen LogP contribution is 2.24. The molecule has 0 saturated heterocycles. The smallest absolute Gasteiger partial charge is 0.238 e. The SMILES string of the molecule is CN(CC(=O)Nc1ccc(Cl)c(Cl)c1)CC(=O)N(C)Cc1ccco1. The molecular formula is C17H19Cl2N3O3. The minimum absolute atomic E-state index is 0.0700. The number of likely N-dealkylation sites (N-methyl/N-ethyl adjacent to an activating group) is 2. The number of hydrogen-bond acceptors (Lipinski definition) is 4.